The molecule has 200 valence electrons. The number of piperidine rings is 1. The second-order valence-electron chi connectivity index (χ2n) is 12.0. The number of rotatable bonds is 6. The molecule has 2 aliphatic heterocycles. The molecule has 3 fully saturated rings. The molecule has 0 bridgehead atoms. The molecular weight excluding hydrogens is 472 g/mol. The van der Waals surface area contributed by atoms with Gasteiger partial charge in [-0.05, 0) is 83.8 Å². The summed E-state index contributed by atoms with van der Waals surface area (Å²) in [5.74, 6) is -0.136. The van der Waals surface area contributed by atoms with Crippen molar-refractivity contribution in [3.63, 3.8) is 0 Å². The Hall–Kier alpha value is -3.10. The van der Waals surface area contributed by atoms with E-state index in [1.165, 1.54) is 12.8 Å². The zero-order valence-electron chi connectivity index (χ0n) is 22.0. The maximum Gasteiger partial charge on any atom is 0.407 e. The minimum absolute atomic E-state index is 0.0972. The number of hydrogen-bond acceptors (Lipinski definition) is 6. The van der Waals surface area contributed by atoms with Crippen LogP contribution < -0.4 is 15.5 Å². The Balaban J connectivity index is 1.30. The summed E-state index contributed by atoms with van der Waals surface area (Å²) in [7, 11) is 0. The lowest BCUT2D eigenvalue weighted by Gasteiger charge is -2.39. The van der Waals surface area contributed by atoms with Crippen LogP contribution in [-0.4, -0.2) is 59.0 Å². The van der Waals surface area contributed by atoms with E-state index in [1.807, 2.05) is 32.9 Å². The van der Waals surface area contributed by atoms with Crippen LogP contribution in [0.2, 0.25) is 0 Å². The van der Waals surface area contributed by atoms with E-state index in [0.29, 0.717) is 30.5 Å². The number of carbonyl (C=O) groups excluding carboxylic acids is 4. The SMILES string of the molecule is CC(C)(C)OC(=O)NC1CCC(N(CC2CC2)c2cccc3c2CN(C2CCC(=O)NC2=O)C3=O)CC1. The molecule has 1 atom stereocenters. The Morgan fingerprint density at radius 3 is 2.46 bits per heavy atom. The van der Waals surface area contributed by atoms with Gasteiger partial charge in [-0.3, -0.25) is 19.7 Å². The third-order valence-electron chi connectivity index (χ3n) is 7.88. The van der Waals surface area contributed by atoms with Crippen LogP contribution >= 0.6 is 0 Å². The largest absolute Gasteiger partial charge is 0.444 e. The van der Waals surface area contributed by atoms with Crippen LogP contribution in [0.1, 0.15) is 88.1 Å². The molecule has 1 aromatic rings. The number of amides is 4. The van der Waals surface area contributed by atoms with Gasteiger partial charge in [-0.1, -0.05) is 6.07 Å². The van der Waals surface area contributed by atoms with Gasteiger partial charge in [-0.25, -0.2) is 4.79 Å². The summed E-state index contributed by atoms with van der Waals surface area (Å²) in [4.78, 5) is 53.9. The van der Waals surface area contributed by atoms with Gasteiger partial charge in [0, 0.05) is 48.4 Å². The Labute approximate surface area is 218 Å². The van der Waals surface area contributed by atoms with E-state index in [4.69, 9.17) is 4.74 Å². The van der Waals surface area contributed by atoms with E-state index in [9.17, 15) is 19.2 Å². The van der Waals surface area contributed by atoms with Crippen LogP contribution in [0, 0.1) is 5.92 Å². The Bertz CT molecular complexity index is 1080. The molecule has 2 saturated carbocycles. The van der Waals surface area contributed by atoms with Gasteiger partial charge >= 0.3 is 6.09 Å². The van der Waals surface area contributed by atoms with Gasteiger partial charge in [0.1, 0.15) is 11.6 Å². The topological polar surface area (TPSA) is 108 Å². The van der Waals surface area contributed by atoms with E-state index in [1.54, 1.807) is 4.90 Å². The number of imide groups is 1. The van der Waals surface area contributed by atoms with Crippen molar-refractivity contribution in [3.05, 3.63) is 29.3 Å². The molecule has 37 heavy (non-hydrogen) atoms. The van der Waals surface area contributed by atoms with Gasteiger partial charge in [0.15, 0.2) is 0 Å². The Kier molecular flexibility index (Phi) is 6.89. The number of benzene rings is 1. The van der Waals surface area contributed by atoms with Crippen LogP contribution in [-0.2, 0) is 20.9 Å². The van der Waals surface area contributed by atoms with Gasteiger partial charge in [0.2, 0.25) is 11.8 Å². The summed E-state index contributed by atoms with van der Waals surface area (Å²) in [5.41, 5.74) is 2.20. The van der Waals surface area contributed by atoms with Crippen molar-refractivity contribution in [2.45, 2.75) is 102 Å². The predicted octanol–water partition coefficient (Wildman–Crippen LogP) is 3.50. The molecule has 1 saturated heterocycles. The molecule has 2 heterocycles. The summed E-state index contributed by atoms with van der Waals surface area (Å²) in [6.45, 7) is 6.93. The van der Waals surface area contributed by atoms with E-state index < -0.39 is 11.6 Å². The number of carbonyl (C=O) groups is 4. The number of fused-ring (bicyclic) bond motifs is 1. The zero-order valence-corrected chi connectivity index (χ0v) is 22.0. The molecule has 0 radical (unpaired) electrons. The normalized spacial score (nSPS) is 26.0. The number of anilines is 1. The molecule has 2 N–H and O–H groups in total. The lowest BCUT2D eigenvalue weighted by Crippen LogP contribution is -2.52. The van der Waals surface area contributed by atoms with Crippen molar-refractivity contribution < 1.29 is 23.9 Å². The third kappa shape index (κ3) is 5.75. The minimum Gasteiger partial charge on any atom is -0.444 e. The zero-order chi connectivity index (χ0) is 26.3. The van der Waals surface area contributed by atoms with Crippen molar-refractivity contribution in [3.8, 4) is 0 Å². The molecule has 5 rings (SSSR count). The maximum atomic E-state index is 13.3. The van der Waals surface area contributed by atoms with Gasteiger partial charge in [0.05, 0.1) is 0 Å². The quantitative estimate of drug-likeness (QED) is 0.567. The van der Waals surface area contributed by atoms with Crippen molar-refractivity contribution in [2.75, 3.05) is 11.4 Å². The Morgan fingerprint density at radius 1 is 1.08 bits per heavy atom. The maximum absolute atomic E-state index is 13.3. The average Bonchev–Trinajstić information content (AvgIpc) is 3.59. The molecule has 4 aliphatic rings. The van der Waals surface area contributed by atoms with Gasteiger partial charge in [0.25, 0.3) is 5.91 Å². The van der Waals surface area contributed by atoms with Gasteiger partial charge in [-0.2, -0.15) is 0 Å². The molecule has 0 spiro atoms. The lowest BCUT2D eigenvalue weighted by molar-refractivity contribution is -0.136. The van der Waals surface area contributed by atoms with E-state index in [2.05, 4.69) is 21.6 Å². The highest BCUT2D eigenvalue weighted by Gasteiger charge is 2.41. The minimum atomic E-state index is -0.614. The summed E-state index contributed by atoms with van der Waals surface area (Å²) < 4.78 is 5.43. The first-order valence-electron chi connectivity index (χ1n) is 13.6. The fourth-order valence-electron chi connectivity index (χ4n) is 5.87. The summed E-state index contributed by atoms with van der Waals surface area (Å²) in [5, 5.41) is 5.42. The molecule has 1 aromatic carbocycles. The molecule has 0 aromatic heterocycles. The molecule has 9 nitrogen and oxygen atoms in total. The predicted molar refractivity (Wildman–Crippen MR) is 138 cm³/mol. The smallest absolute Gasteiger partial charge is 0.407 e. The third-order valence-corrected chi connectivity index (χ3v) is 7.88. The lowest BCUT2D eigenvalue weighted by atomic mass is 9.89. The van der Waals surface area contributed by atoms with Gasteiger partial charge in [-0.15, -0.1) is 0 Å². The van der Waals surface area contributed by atoms with Crippen molar-refractivity contribution >= 4 is 29.5 Å². The highest BCUT2D eigenvalue weighted by molar-refractivity contribution is 6.06. The molecule has 4 amide bonds. The number of hydrogen-bond donors (Lipinski definition) is 2. The number of nitrogens with zero attached hydrogens (tertiary/aromatic N) is 2. The number of ether oxygens (including phenoxy) is 1. The highest BCUT2D eigenvalue weighted by Crippen LogP contribution is 2.40. The number of nitrogens with one attached hydrogen (secondary N) is 2. The molecular formula is C28H38N4O5. The summed E-state index contributed by atoms with van der Waals surface area (Å²) in [6.07, 6.45) is 6.34. The molecule has 2 aliphatic carbocycles. The van der Waals surface area contributed by atoms with E-state index in [-0.39, 0.29) is 36.3 Å². The van der Waals surface area contributed by atoms with Crippen LogP contribution in [0.4, 0.5) is 10.5 Å². The average molecular weight is 511 g/mol. The van der Waals surface area contributed by atoms with Crippen molar-refractivity contribution in [1.29, 1.82) is 0 Å². The van der Waals surface area contributed by atoms with E-state index in [0.717, 1.165) is 43.5 Å². The fourth-order valence-corrected chi connectivity index (χ4v) is 5.87. The second kappa shape index (κ2) is 9.99. The van der Waals surface area contributed by atoms with E-state index >= 15 is 0 Å². The van der Waals surface area contributed by atoms with Crippen LogP contribution in [0.5, 0.6) is 0 Å². The first kappa shape index (κ1) is 25.5. The van der Waals surface area contributed by atoms with Crippen LogP contribution in [0.25, 0.3) is 0 Å². The molecule has 9 heteroatoms. The first-order valence-corrected chi connectivity index (χ1v) is 13.6. The van der Waals surface area contributed by atoms with Crippen molar-refractivity contribution in [1.82, 2.24) is 15.5 Å². The second-order valence-corrected chi connectivity index (χ2v) is 12.0. The first-order chi connectivity index (χ1) is 17.6. The Morgan fingerprint density at radius 2 is 1.81 bits per heavy atom. The molecule has 1 unspecified atom stereocenters. The van der Waals surface area contributed by atoms with Crippen LogP contribution in [0.3, 0.4) is 0 Å². The fraction of sp³-hybridized carbons (Fsp3) is 0.643. The van der Waals surface area contributed by atoms with Gasteiger partial charge < -0.3 is 19.9 Å². The summed E-state index contributed by atoms with van der Waals surface area (Å²) in [6, 6.07) is 5.70. The number of alkyl carbamates (subject to hydrolysis) is 1. The van der Waals surface area contributed by atoms with Crippen LogP contribution in [0.15, 0.2) is 18.2 Å². The standard InChI is InChI=1S/C28H38N4O5/c1-28(2,3)37-27(36)29-18-9-11-19(12-10-18)31(15-17-7-8-17)22-6-4-5-20-21(22)16-32(26(20)35)23-13-14-24(33)30-25(23)34/h4-6,17-19,23H,7-16H2,1-3H3,(H,29,36)(H,30,33,34). The van der Waals surface area contributed by atoms with Crippen molar-refractivity contribution in [2.24, 2.45) is 5.92 Å². The highest BCUT2D eigenvalue weighted by atomic mass is 16.6. The monoisotopic (exact) mass is 510 g/mol. The summed E-state index contributed by atoms with van der Waals surface area (Å²) >= 11 is 0.